The number of ether oxygens (including phenoxy) is 1. The highest BCUT2D eigenvalue weighted by molar-refractivity contribution is 5.77. The fourth-order valence-electron chi connectivity index (χ4n) is 2.27. The predicted octanol–water partition coefficient (Wildman–Crippen LogP) is 2.22. The normalized spacial score (nSPS) is 11.5. The van der Waals surface area contributed by atoms with Crippen LogP contribution >= 0.6 is 0 Å². The zero-order chi connectivity index (χ0) is 20.3. The number of benzene rings is 1. The number of hydrogen-bond acceptors (Lipinski definition) is 6. The maximum Gasteiger partial charge on any atom is 0.453 e. The summed E-state index contributed by atoms with van der Waals surface area (Å²) >= 11 is 0. The average molecular weight is 394 g/mol. The largest absolute Gasteiger partial charge is 0.484 e. The molecule has 2 heterocycles. The molecule has 0 saturated carbocycles. The van der Waals surface area contributed by atoms with Gasteiger partial charge in [0.15, 0.2) is 12.3 Å². The zero-order valence-corrected chi connectivity index (χ0v) is 15.1. The number of alkyl halides is 3. The molecule has 0 aliphatic carbocycles. The Morgan fingerprint density at radius 3 is 2.71 bits per heavy atom. The summed E-state index contributed by atoms with van der Waals surface area (Å²) < 4.78 is 44.9. The summed E-state index contributed by atoms with van der Waals surface area (Å²) in [5, 5.41) is 13.4. The van der Waals surface area contributed by atoms with Crippen LogP contribution in [0.5, 0.6) is 5.75 Å². The number of rotatable bonds is 6. The Bertz CT molecular complexity index is 986. The number of fused-ring (bicyclic) bond motifs is 1. The van der Waals surface area contributed by atoms with Crippen LogP contribution in [0.4, 0.5) is 19.0 Å². The van der Waals surface area contributed by atoms with Crippen LogP contribution in [0.1, 0.15) is 11.4 Å². The van der Waals surface area contributed by atoms with Gasteiger partial charge in [-0.3, -0.25) is 4.79 Å². The van der Waals surface area contributed by atoms with E-state index in [0.29, 0.717) is 16.8 Å². The molecule has 148 valence electrons. The Labute approximate surface area is 157 Å². The minimum absolute atomic E-state index is 0.00108. The van der Waals surface area contributed by atoms with Crippen molar-refractivity contribution in [3.63, 3.8) is 0 Å². The number of likely N-dealkylation sites (N-methyl/N-ethyl adjacent to an activating group) is 1. The van der Waals surface area contributed by atoms with Gasteiger partial charge in [0.05, 0.1) is 0 Å². The smallest absolute Gasteiger partial charge is 0.453 e. The number of aromatic nitrogens is 4. The van der Waals surface area contributed by atoms with Gasteiger partial charge in [-0.15, -0.1) is 15.3 Å². The molecule has 8 nitrogen and oxygen atoms in total. The second-order valence-corrected chi connectivity index (χ2v) is 6.09. The van der Waals surface area contributed by atoms with E-state index in [1.54, 1.807) is 32.3 Å². The number of amides is 1. The van der Waals surface area contributed by atoms with Gasteiger partial charge in [-0.2, -0.15) is 17.7 Å². The molecule has 0 aliphatic rings. The summed E-state index contributed by atoms with van der Waals surface area (Å²) in [6.07, 6.45) is -4.65. The molecule has 0 spiro atoms. The zero-order valence-electron chi connectivity index (χ0n) is 15.1. The number of nitrogens with zero attached hydrogens (tertiary/aromatic N) is 5. The third-order valence-electron chi connectivity index (χ3n) is 3.75. The maximum absolute atomic E-state index is 12.9. The Balaban J connectivity index is 1.69. The third kappa shape index (κ3) is 4.48. The average Bonchev–Trinajstić information content (AvgIpc) is 3.08. The highest BCUT2D eigenvalue weighted by atomic mass is 19.4. The molecule has 0 saturated heterocycles. The van der Waals surface area contributed by atoms with Crippen molar-refractivity contribution in [3.05, 3.63) is 47.8 Å². The lowest BCUT2D eigenvalue weighted by atomic mass is 10.2. The highest BCUT2D eigenvalue weighted by Crippen LogP contribution is 2.27. The molecule has 0 bridgehead atoms. The second-order valence-electron chi connectivity index (χ2n) is 6.09. The summed E-state index contributed by atoms with van der Waals surface area (Å²) in [7, 11) is 3.27. The predicted molar refractivity (Wildman–Crippen MR) is 93.7 cm³/mol. The van der Waals surface area contributed by atoms with E-state index in [1.807, 2.05) is 6.07 Å². The lowest BCUT2D eigenvalue weighted by molar-refractivity contribution is -0.146. The summed E-state index contributed by atoms with van der Waals surface area (Å²) in [5.74, 6) is -0.620. The van der Waals surface area contributed by atoms with Crippen molar-refractivity contribution >= 4 is 17.4 Å². The Morgan fingerprint density at radius 1 is 1.21 bits per heavy atom. The quantitative estimate of drug-likeness (QED) is 0.690. The van der Waals surface area contributed by atoms with E-state index in [2.05, 4.69) is 20.6 Å². The summed E-state index contributed by atoms with van der Waals surface area (Å²) in [6, 6.07) is 9.92. The van der Waals surface area contributed by atoms with E-state index in [4.69, 9.17) is 4.74 Å². The molecule has 1 aromatic carbocycles. The number of carbonyl (C=O) groups excluding carboxylic acids is 1. The molecule has 11 heteroatoms. The van der Waals surface area contributed by atoms with Crippen molar-refractivity contribution in [3.8, 4) is 5.75 Å². The first-order valence-corrected chi connectivity index (χ1v) is 8.19. The molecule has 28 heavy (non-hydrogen) atoms. The van der Waals surface area contributed by atoms with Gasteiger partial charge in [0.2, 0.25) is 0 Å². The number of halogens is 3. The lowest BCUT2D eigenvalue weighted by Gasteiger charge is -2.12. The van der Waals surface area contributed by atoms with Crippen LogP contribution in [0.3, 0.4) is 0 Å². The van der Waals surface area contributed by atoms with Crippen molar-refractivity contribution in [1.29, 1.82) is 0 Å². The van der Waals surface area contributed by atoms with E-state index in [0.717, 1.165) is 5.56 Å². The molecule has 1 N–H and O–H groups in total. The van der Waals surface area contributed by atoms with Crippen LogP contribution in [0.25, 0.3) is 5.65 Å². The van der Waals surface area contributed by atoms with Crippen LogP contribution in [0.15, 0.2) is 36.4 Å². The number of hydrogen-bond donors (Lipinski definition) is 1. The number of anilines is 1. The summed E-state index contributed by atoms with van der Waals surface area (Å²) in [4.78, 5) is 13.0. The molecule has 3 aromatic rings. The van der Waals surface area contributed by atoms with Gasteiger partial charge in [0.1, 0.15) is 11.6 Å². The summed E-state index contributed by atoms with van der Waals surface area (Å²) in [5.41, 5.74) is 0.801. The van der Waals surface area contributed by atoms with E-state index in [9.17, 15) is 18.0 Å². The molecule has 0 unspecified atom stereocenters. The number of carbonyl (C=O) groups is 1. The fraction of sp³-hybridized carbons (Fsp3) is 0.294. The van der Waals surface area contributed by atoms with E-state index in [1.165, 1.54) is 17.0 Å². The fourth-order valence-corrected chi connectivity index (χ4v) is 2.27. The highest BCUT2D eigenvalue weighted by Gasteiger charge is 2.37. The van der Waals surface area contributed by atoms with Crippen molar-refractivity contribution in [1.82, 2.24) is 24.7 Å². The minimum Gasteiger partial charge on any atom is -0.484 e. The van der Waals surface area contributed by atoms with Gasteiger partial charge in [0, 0.05) is 20.6 Å². The van der Waals surface area contributed by atoms with Crippen LogP contribution in [0.2, 0.25) is 0 Å². The van der Waals surface area contributed by atoms with Crippen LogP contribution in [-0.2, 0) is 17.5 Å². The van der Waals surface area contributed by atoms with Crippen molar-refractivity contribution in [2.45, 2.75) is 12.7 Å². The standard InChI is InChI=1S/C17H17F3N6O2/c1-25(2)15(27)10-28-12-5-3-4-11(8-12)9-21-13-6-7-14-22-23-16(17(18,19)20)26(14)24-13/h3-8H,9-10H2,1-2H3,(H,21,24). The van der Waals surface area contributed by atoms with Crippen LogP contribution in [0, 0.1) is 0 Å². The molecule has 1 amide bonds. The van der Waals surface area contributed by atoms with Gasteiger partial charge in [-0.25, -0.2) is 0 Å². The molecule has 0 aliphatic heterocycles. The first kappa shape index (κ1) is 19.4. The van der Waals surface area contributed by atoms with E-state index < -0.39 is 12.0 Å². The molecule has 0 fully saturated rings. The minimum atomic E-state index is -4.65. The van der Waals surface area contributed by atoms with Gasteiger partial charge >= 0.3 is 6.18 Å². The Hall–Kier alpha value is -3.37. The van der Waals surface area contributed by atoms with Crippen molar-refractivity contribution in [2.24, 2.45) is 0 Å². The van der Waals surface area contributed by atoms with Crippen LogP contribution in [-0.4, -0.2) is 51.3 Å². The lowest BCUT2D eigenvalue weighted by Crippen LogP contribution is -2.27. The second kappa shape index (κ2) is 7.71. The van der Waals surface area contributed by atoms with Gasteiger partial charge in [0.25, 0.3) is 11.7 Å². The van der Waals surface area contributed by atoms with Gasteiger partial charge in [-0.1, -0.05) is 12.1 Å². The maximum atomic E-state index is 12.9. The number of nitrogens with one attached hydrogen (secondary N) is 1. The van der Waals surface area contributed by atoms with Gasteiger partial charge in [-0.05, 0) is 29.8 Å². The first-order valence-electron chi connectivity index (χ1n) is 8.19. The van der Waals surface area contributed by atoms with Crippen molar-refractivity contribution < 1.29 is 22.7 Å². The van der Waals surface area contributed by atoms with Crippen molar-refractivity contribution in [2.75, 3.05) is 26.0 Å². The van der Waals surface area contributed by atoms with E-state index in [-0.39, 0.29) is 24.0 Å². The van der Waals surface area contributed by atoms with Gasteiger partial charge < -0.3 is 15.0 Å². The third-order valence-corrected chi connectivity index (χ3v) is 3.75. The first-order chi connectivity index (χ1) is 13.2. The SMILES string of the molecule is CN(C)C(=O)COc1cccc(CNc2ccc3nnc(C(F)(F)F)n3n2)c1. The van der Waals surface area contributed by atoms with Crippen LogP contribution < -0.4 is 10.1 Å². The topological polar surface area (TPSA) is 84.6 Å². The molecule has 0 atom stereocenters. The summed E-state index contributed by atoms with van der Waals surface area (Å²) in [6.45, 7) is 0.205. The molecule has 0 radical (unpaired) electrons. The molecule has 3 rings (SSSR count). The van der Waals surface area contributed by atoms with E-state index >= 15 is 0 Å². The molecular weight excluding hydrogens is 377 g/mol. The Kier molecular flexibility index (Phi) is 5.34. The monoisotopic (exact) mass is 394 g/mol. The molecular formula is C17H17F3N6O2. The Morgan fingerprint density at radius 2 is 2.00 bits per heavy atom. The molecule has 2 aromatic heterocycles.